The van der Waals surface area contributed by atoms with Crippen LogP contribution < -0.4 is 22.1 Å². The number of primary amides is 2. The van der Waals surface area contributed by atoms with E-state index in [0.29, 0.717) is 0 Å². The van der Waals surface area contributed by atoms with Gasteiger partial charge in [-0.25, -0.2) is 14.4 Å². The molecular formula is C6H12N4O4. The topological polar surface area (TPSA) is 137 Å². The lowest BCUT2D eigenvalue weighted by Gasteiger charge is -2.26. The first-order valence-corrected chi connectivity index (χ1v) is 3.55. The molecule has 0 saturated heterocycles. The summed E-state index contributed by atoms with van der Waals surface area (Å²) in [4.78, 5) is 32.2. The SMILES string of the molecule is COC(=O)C(C)(NC(N)=O)NC(N)=O. The predicted octanol–water partition coefficient (Wildman–Crippen LogP) is -1.79. The van der Waals surface area contributed by atoms with E-state index in [9.17, 15) is 14.4 Å². The van der Waals surface area contributed by atoms with Crippen molar-refractivity contribution >= 4 is 18.0 Å². The number of nitrogens with two attached hydrogens (primary N) is 2. The minimum atomic E-state index is -1.76. The summed E-state index contributed by atoms with van der Waals surface area (Å²) in [7, 11) is 1.09. The number of hydrogen-bond acceptors (Lipinski definition) is 4. The van der Waals surface area contributed by atoms with Gasteiger partial charge in [-0.2, -0.15) is 0 Å². The van der Waals surface area contributed by atoms with E-state index in [1.165, 1.54) is 6.92 Å². The van der Waals surface area contributed by atoms with Crippen LogP contribution in [-0.2, 0) is 9.53 Å². The highest BCUT2D eigenvalue weighted by Crippen LogP contribution is 2.00. The van der Waals surface area contributed by atoms with Crippen LogP contribution in [0.4, 0.5) is 9.59 Å². The summed E-state index contributed by atoms with van der Waals surface area (Å²) in [6.45, 7) is 1.19. The number of carbonyl (C=O) groups is 3. The highest BCUT2D eigenvalue weighted by molar-refractivity contribution is 5.90. The summed E-state index contributed by atoms with van der Waals surface area (Å²) in [6, 6.07) is -1.99. The number of rotatable bonds is 3. The Labute approximate surface area is 79.9 Å². The Morgan fingerprint density at radius 2 is 1.50 bits per heavy atom. The number of ether oxygens (including phenoxy) is 1. The second kappa shape index (κ2) is 4.30. The van der Waals surface area contributed by atoms with Crippen LogP contribution in [0, 0.1) is 0 Å². The Kier molecular flexibility index (Phi) is 3.69. The molecule has 8 nitrogen and oxygen atoms in total. The maximum Gasteiger partial charge on any atom is 0.352 e. The first-order valence-electron chi connectivity index (χ1n) is 3.55. The van der Waals surface area contributed by atoms with Crippen molar-refractivity contribution in [3.8, 4) is 0 Å². The minimum Gasteiger partial charge on any atom is -0.466 e. The summed E-state index contributed by atoms with van der Waals surface area (Å²) in [5.74, 6) is -0.893. The average molecular weight is 204 g/mol. The molecular weight excluding hydrogens is 192 g/mol. The van der Waals surface area contributed by atoms with E-state index in [4.69, 9.17) is 11.5 Å². The second-order valence-electron chi connectivity index (χ2n) is 2.60. The van der Waals surface area contributed by atoms with Crippen LogP contribution in [-0.4, -0.2) is 30.8 Å². The molecule has 14 heavy (non-hydrogen) atoms. The summed E-state index contributed by atoms with van der Waals surface area (Å²) in [5, 5.41) is 3.98. The van der Waals surface area contributed by atoms with E-state index in [1.807, 2.05) is 10.6 Å². The smallest absolute Gasteiger partial charge is 0.352 e. The molecule has 80 valence electrons. The highest BCUT2D eigenvalue weighted by atomic mass is 16.5. The largest absolute Gasteiger partial charge is 0.466 e. The number of hydrogen-bond donors (Lipinski definition) is 4. The van der Waals surface area contributed by atoms with Gasteiger partial charge in [-0.3, -0.25) is 0 Å². The number of carbonyl (C=O) groups excluding carboxylic acids is 3. The van der Waals surface area contributed by atoms with Gasteiger partial charge in [0, 0.05) is 0 Å². The molecule has 4 amide bonds. The first-order chi connectivity index (χ1) is 6.31. The standard InChI is InChI=1S/C6H12N4O4/c1-6(3(11)14-2,9-4(7)12)10-5(8)13/h1-2H3,(H3,7,9,12)(H3,8,10,13). The van der Waals surface area contributed by atoms with Crippen LogP contribution in [0.15, 0.2) is 0 Å². The Balaban J connectivity index is 4.74. The van der Waals surface area contributed by atoms with Gasteiger partial charge in [0.1, 0.15) is 0 Å². The first kappa shape index (κ1) is 12.0. The summed E-state index contributed by atoms with van der Waals surface area (Å²) < 4.78 is 4.34. The molecule has 0 radical (unpaired) electrons. The normalized spacial score (nSPS) is 10.1. The molecule has 0 heterocycles. The summed E-state index contributed by atoms with van der Waals surface area (Å²) in [5.41, 5.74) is 7.84. The molecule has 0 aliphatic carbocycles. The van der Waals surface area contributed by atoms with Crippen molar-refractivity contribution in [2.24, 2.45) is 11.5 Å². The number of methoxy groups -OCH3 is 1. The van der Waals surface area contributed by atoms with Crippen molar-refractivity contribution in [3.63, 3.8) is 0 Å². The van der Waals surface area contributed by atoms with E-state index in [1.54, 1.807) is 0 Å². The van der Waals surface area contributed by atoms with Gasteiger partial charge in [0.2, 0.25) is 5.66 Å². The van der Waals surface area contributed by atoms with E-state index >= 15 is 0 Å². The fourth-order valence-corrected chi connectivity index (χ4v) is 0.830. The molecule has 0 aliphatic rings. The van der Waals surface area contributed by atoms with Crippen LogP contribution in [0.5, 0.6) is 0 Å². The van der Waals surface area contributed by atoms with Gasteiger partial charge >= 0.3 is 18.0 Å². The third-order valence-electron chi connectivity index (χ3n) is 1.34. The third-order valence-corrected chi connectivity index (χ3v) is 1.34. The zero-order chi connectivity index (χ0) is 11.4. The molecule has 0 fully saturated rings. The Hall–Kier alpha value is -1.99. The van der Waals surface area contributed by atoms with Crippen molar-refractivity contribution in [3.05, 3.63) is 0 Å². The quantitative estimate of drug-likeness (QED) is 0.318. The van der Waals surface area contributed by atoms with Crippen LogP contribution >= 0.6 is 0 Å². The zero-order valence-corrected chi connectivity index (χ0v) is 7.79. The molecule has 0 spiro atoms. The maximum absolute atomic E-state index is 11.1. The lowest BCUT2D eigenvalue weighted by molar-refractivity contribution is -0.148. The van der Waals surface area contributed by atoms with E-state index in [0.717, 1.165) is 7.11 Å². The van der Waals surface area contributed by atoms with Crippen molar-refractivity contribution in [1.82, 2.24) is 10.6 Å². The van der Waals surface area contributed by atoms with Crippen LogP contribution in [0.3, 0.4) is 0 Å². The summed E-state index contributed by atoms with van der Waals surface area (Å²) in [6.07, 6.45) is 0. The maximum atomic E-state index is 11.1. The average Bonchev–Trinajstić information content (AvgIpc) is 1.99. The molecule has 0 rings (SSSR count). The fourth-order valence-electron chi connectivity index (χ4n) is 0.830. The van der Waals surface area contributed by atoms with Gasteiger partial charge in [0.05, 0.1) is 7.11 Å². The molecule has 0 aliphatic heterocycles. The number of urea groups is 2. The zero-order valence-electron chi connectivity index (χ0n) is 7.79. The molecule has 0 atom stereocenters. The van der Waals surface area contributed by atoms with Gasteiger partial charge in [-0.1, -0.05) is 0 Å². The Morgan fingerprint density at radius 1 is 1.14 bits per heavy atom. The van der Waals surface area contributed by atoms with Crippen LogP contribution in [0.1, 0.15) is 6.92 Å². The lowest BCUT2D eigenvalue weighted by atomic mass is 10.2. The van der Waals surface area contributed by atoms with Crippen molar-refractivity contribution in [2.45, 2.75) is 12.6 Å². The van der Waals surface area contributed by atoms with Crippen molar-refractivity contribution in [2.75, 3.05) is 7.11 Å². The fraction of sp³-hybridized carbons (Fsp3) is 0.500. The van der Waals surface area contributed by atoms with Crippen molar-refractivity contribution in [1.29, 1.82) is 0 Å². The summed E-state index contributed by atoms with van der Waals surface area (Å²) >= 11 is 0. The molecule has 6 N–H and O–H groups in total. The van der Waals surface area contributed by atoms with E-state index < -0.39 is 23.7 Å². The minimum absolute atomic E-state index is 0.893. The van der Waals surface area contributed by atoms with Gasteiger partial charge in [-0.05, 0) is 6.92 Å². The monoisotopic (exact) mass is 204 g/mol. The van der Waals surface area contributed by atoms with Gasteiger partial charge in [0.15, 0.2) is 0 Å². The van der Waals surface area contributed by atoms with Crippen molar-refractivity contribution < 1.29 is 19.1 Å². The van der Waals surface area contributed by atoms with Crippen LogP contribution in [0.25, 0.3) is 0 Å². The second-order valence-corrected chi connectivity index (χ2v) is 2.60. The Morgan fingerprint density at radius 3 is 1.71 bits per heavy atom. The number of amides is 4. The number of nitrogens with one attached hydrogen (secondary N) is 2. The molecule has 0 aromatic carbocycles. The number of esters is 1. The lowest BCUT2D eigenvalue weighted by Crippen LogP contribution is -2.65. The molecule has 0 aromatic heterocycles. The Bertz CT molecular complexity index is 249. The molecule has 0 aromatic rings. The predicted molar refractivity (Wildman–Crippen MR) is 45.9 cm³/mol. The molecule has 0 unspecified atom stereocenters. The van der Waals surface area contributed by atoms with Gasteiger partial charge < -0.3 is 26.8 Å². The molecule has 0 bridgehead atoms. The molecule has 8 heteroatoms. The van der Waals surface area contributed by atoms with Gasteiger partial charge in [0.25, 0.3) is 0 Å². The van der Waals surface area contributed by atoms with E-state index in [-0.39, 0.29) is 0 Å². The van der Waals surface area contributed by atoms with E-state index in [2.05, 4.69) is 4.74 Å². The van der Waals surface area contributed by atoms with Gasteiger partial charge in [-0.15, -0.1) is 0 Å². The van der Waals surface area contributed by atoms with Crippen LogP contribution in [0.2, 0.25) is 0 Å². The molecule has 0 saturated carbocycles. The highest BCUT2D eigenvalue weighted by Gasteiger charge is 2.36. The third kappa shape index (κ3) is 3.17.